The van der Waals surface area contributed by atoms with E-state index < -0.39 is 0 Å². The van der Waals surface area contributed by atoms with Crippen molar-refractivity contribution < 1.29 is 0 Å². The topological polar surface area (TPSA) is 82.7 Å². The molecule has 0 saturated heterocycles. The van der Waals surface area contributed by atoms with Crippen LogP contribution in [0.5, 0.6) is 0 Å². The van der Waals surface area contributed by atoms with Crippen molar-refractivity contribution in [1.82, 2.24) is 4.98 Å². The van der Waals surface area contributed by atoms with Crippen LogP contribution in [0.2, 0.25) is 0 Å². The van der Waals surface area contributed by atoms with Crippen LogP contribution in [0.25, 0.3) is 20.7 Å². The Morgan fingerprint density at radius 2 is 2.28 bits per heavy atom. The van der Waals surface area contributed by atoms with Crippen LogP contribution in [-0.4, -0.2) is 4.98 Å². The minimum atomic E-state index is -0.157. The third kappa shape index (κ3) is 1.53. The molecule has 0 saturated carbocycles. The Kier molecular flexibility index (Phi) is 2.44. The second-order valence-electron chi connectivity index (χ2n) is 3.69. The fourth-order valence-corrected chi connectivity index (χ4v) is 3.40. The molecule has 3 aromatic heterocycles. The number of nitrogens with one attached hydrogen (secondary N) is 1. The van der Waals surface area contributed by atoms with Gasteiger partial charge >= 0.3 is 0 Å². The van der Waals surface area contributed by atoms with Crippen LogP contribution in [0.15, 0.2) is 28.4 Å². The zero-order chi connectivity index (χ0) is 12.7. The minimum absolute atomic E-state index is 0.157. The van der Waals surface area contributed by atoms with Crippen LogP contribution in [0.1, 0.15) is 4.88 Å². The van der Waals surface area contributed by atoms with Gasteiger partial charge in [-0.05, 0) is 17.5 Å². The normalized spacial score (nSPS) is 10.6. The van der Waals surface area contributed by atoms with Gasteiger partial charge in [-0.25, -0.2) is 0 Å². The quantitative estimate of drug-likeness (QED) is 0.715. The first-order valence-corrected chi connectivity index (χ1v) is 6.79. The maximum atomic E-state index is 12.0. The fourth-order valence-electron chi connectivity index (χ4n) is 1.77. The number of rotatable bonds is 1. The summed E-state index contributed by atoms with van der Waals surface area (Å²) in [5.41, 5.74) is 6.76. The lowest BCUT2D eigenvalue weighted by Gasteiger charge is -1.97. The van der Waals surface area contributed by atoms with Crippen molar-refractivity contribution in [1.29, 1.82) is 5.26 Å². The summed E-state index contributed by atoms with van der Waals surface area (Å²) in [5.74, 6) is 0. The number of pyridine rings is 1. The van der Waals surface area contributed by atoms with Crippen molar-refractivity contribution in [2.24, 2.45) is 0 Å². The molecule has 3 rings (SSSR count). The number of fused-ring (bicyclic) bond motifs is 1. The number of nitrogen functional groups attached to an aromatic ring is 1. The summed E-state index contributed by atoms with van der Waals surface area (Å²) >= 11 is 2.70. The van der Waals surface area contributed by atoms with Crippen molar-refractivity contribution >= 4 is 38.6 Å². The highest BCUT2D eigenvalue weighted by Crippen LogP contribution is 2.33. The van der Waals surface area contributed by atoms with Gasteiger partial charge in [-0.2, -0.15) is 5.26 Å². The lowest BCUT2D eigenvalue weighted by molar-refractivity contribution is 1.33. The van der Waals surface area contributed by atoms with Crippen LogP contribution >= 0.6 is 22.7 Å². The number of thiophene rings is 2. The smallest absolute Gasteiger partial charge is 0.257 e. The Labute approximate surface area is 110 Å². The first kappa shape index (κ1) is 11.0. The van der Waals surface area contributed by atoms with E-state index >= 15 is 0 Å². The summed E-state index contributed by atoms with van der Waals surface area (Å²) in [6.45, 7) is 0. The standard InChI is InChI=1S/C12H7N3OS2/c13-5-9-10(14)7-4-6(8-2-1-3-17-8)11(16)15-12(7)18-9/h1-4H,14H2,(H,15,16). The van der Waals surface area contributed by atoms with Gasteiger partial charge in [0, 0.05) is 10.3 Å². The Bertz CT molecular complexity index is 821. The highest BCUT2D eigenvalue weighted by molar-refractivity contribution is 7.19. The molecule has 0 fully saturated rings. The fraction of sp³-hybridized carbons (Fsp3) is 0. The molecule has 3 N–H and O–H groups in total. The lowest BCUT2D eigenvalue weighted by atomic mass is 10.2. The van der Waals surface area contributed by atoms with Crippen molar-refractivity contribution in [3.8, 4) is 16.5 Å². The predicted octanol–water partition coefficient (Wildman–Crippen LogP) is 2.77. The van der Waals surface area contributed by atoms with Gasteiger partial charge in [-0.1, -0.05) is 6.07 Å². The van der Waals surface area contributed by atoms with E-state index in [1.807, 2.05) is 23.6 Å². The van der Waals surface area contributed by atoms with Gasteiger partial charge in [-0.3, -0.25) is 4.79 Å². The van der Waals surface area contributed by atoms with Crippen LogP contribution in [0, 0.1) is 11.3 Å². The number of aromatic amines is 1. The van der Waals surface area contributed by atoms with E-state index in [4.69, 9.17) is 11.0 Å². The second kappa shape index (κ2) is 3.98. The molecule has 0 aliphatic rings. The summed E-state index contributed by atoms with van der Waals surface area (Å²) in [6, 6.07) is 7.56. The largest absolute Gasteiger partial charge is 0.396 e. The highest BCUT2D eigenvalue weighted by Gasteiger charge is 2.13. The molecule has 0 aliphatic carbocycles. The number of hydrogen-bond acceptors (Lipinski definition) is 5. The van der Waals surface area contributed by atoms with E-state index in [9.17, 15) is 4.79 Å². The van der Waals surface area contributed by atoms with Gasteiger partial charge in [0.25, 0.3) is 5.56 Å². The number of hydrogen-bond donors (Lipinski definition) is 2. The van der Waals surface area contributed by atoms with Gasteiger partial charge in [0.05, 0.1) is 11.3 Å². The first-order chi connectivity index (χ1) is 8.70. The monoisotopic (exact) mass is 273 g/mol. The Morgan fingerprint density at radius 1 is 1.44 bits per heavy atom. The zero-order valence-electron chi connectivity index (χ0n) is 9.06. The average molecular weight is 273 g/mol. The molecule has 0 aliphatic heterocycles. The number of nitrogens with zero attached hydrogens (tertiary/aromatic N) is 1. The SMILES string of the molecule is N#Cc1sc2[nH]c(=O)c(-c3cccs3)cc2c1N. The molecule has 0 atom stereocenters. The molecule has 0 unspecified atom stereocenters. The van der Waals surface area contributed by atoms with E-state index in [-0.39, 0.29) is 5.56 Å². The molecule has 4 nitrogen and oxygen atoms in total. The molecule has 0 radical (unpaired) electrons. The number of nitrogens with two attached hydrogens (primary N) is 1. The predicted molar refractivity (Wildman–Crippen MR) is 74.9 cm³/mol. The van der Waals surface area contributed by atoms with E-state index in [0.717, 1.165) is 10.3 Å². The van der Waals surface area contributed by atoms with Gasteiger partial charge in [0.1, 0.15) is 15.8 Å². The van der Waals surface area contributed by atoms with E-state index in [2.05, 4.69) is 4.98 Å². The highest BCUT2D eigenvalue weighted by atomic mass is 32.1. The minimum Gasteiger partial charge on any atom is -0.396 e. The maximum Gasteiger partial charge on any atom is 0.257 e. The first-order valence-electron chi connectivity index (χ1n) is 5.10. The van der Waals surface area contributed by atoms with Gasteiger partial charge < -0.3 is 10.7 Å². The summed E-state index contributed by atoms with van der Waals surface area (Å²) < 4.78 is 0. The van der Waals surface area contributed by atoms with Crippen LogP contribution in [0.3, 0.4) is 0 Å². The number of nitriles is 1. The maximum absolute atomic E-state index is 12.0. The molecule has 88 valence electrons. The average Bonchev–Trinajstić information content (AvgIpc) is 2.97. The molecular formula is C12H7N3OS2. The Balaban J connectivity index is 2.37. The molecule has 0 aromatic carbocycles. The summed E-state index contributed by atoms with van der Waals surface area (Å²) in [5, 5.41) is 11.6. The summed E-state index contributed by atoms with van der Waals surface area (Å²) in [4.78, 5) is 16.7. The third-order valence-corrected chi connectivity index (χ3v) is 4.58. The molecule has 3 heterocycles. The second-order valence-corrected chi connectivity index (χ2v) is 5.66. The molecule has 0 bridgehead atoms. The van der Waals surface area contributed by atoms with Gasteiger partial charge in [0.2, 0.25) is 0 Å². The molecule has 0 amide bonds. The molecular weight excluding hydrogens is 266 g/mol. The Hall–Kier alpha value is -2.10. The van der Waals surface area contributed by atoms with Crippen molar-refractivity contribution in [2.75, 3.05) is 5.73 Å². The molecule has 18 heavy (non-hydrogen) atoms. The van der Waals surface area contributed by atoms with Crippen LogP contribution in [0.4, 0.5) is 5.69 Å². The summed E-state index contributed by atoms with van der Waals surface area (Å²) in [7, 11) is 0. The summed E-state index contributed by atoms with van der Waals surface area (Å²) in [6.07, 6.45) is 0. The van der Waals surface area contributed by atoms with Gasteiger partial charge in [0.15, 0.2) is 0 Å². The van der Waals surface area contributed by atoms with Crippen molar-refractivity contribution in [3.05, 3.63) is 38.8 Å². The number of aromatic nitrogens is 1. The van der Waals surface area contributed by atoms with Crippen molar-refractivity contribution in [2.45, 2.75) is 0 Å². The van der Waals surface area contributed by atoms with Crippen molar-refractivity contribution in [3.63, 3.8) is 0 Å². The molecule has 3 aromatic rings. The van der Waals surface area contributed by atoms with E-state index in [1.54, 1.807) is 6.07 Å². The Morgan fingerprint density at radius 3 is 2.94 bits per heavy atom. The van der Waals surface area contributed by atoms with E-state index in [1.165, 1.54) is 22.7 Å². The number of H-pyrrole nitrogens is 1. The van der Waals surface area contributed by atoms with E-state index in [0.29, 0.717) is 21.0 Å². The lowest BCUT2D eigenvalue weighted by Crippen LogP contribution is -2.07. The van der Waals surface area contributed by atoms with Gasteiger partial charge in [-0.15, -0.1) is 22.7 Å². The van der Waals surface area contributed by atoms with Crippen LogP contribution < -0.4 is 11.3 Å². The van der Waals surface area contributed by atoms with Crippen LogP contribution in [-0.2, 0) is 0 Å². The molecule has 0 spiro atoms. The number of anilines is 1. The zero-order valence-corrected chi connectivity index (χ0v) is 10.7. The molecule has 6 heteroatoms. The third-order valence-electron chi connectivity index (χ3n) is 2.63.